The van der Waals surface area contributed by atoms with E-state index in [9.17, 15) is 5.11 Å². The molecule has 0 aromatic heterocycles. The van der Waals surface area contributed by atoms with Gasteiger partial charge in [-0.25, -0.2) is 9.48 Å². The molecular weight excluding hydrogens is 456 g/mol. The highest BCUT2D eigenvalue weighted by molar-refractivity contribution is 6.30. The number of hydrogen-bond acceptors (Lipinski definition) is 4. The maximum atomic E-state index is 11.9. The van der Waals surface area contributed by atoms with Gasteiger partial charge in [-0.2, -0.15) is 0 Å². The Kier molecular flexibility index (Phi) is 5.78. The van der Waals surface area contributed by atoms with Crippen LogP contribution in [0, 0.1) is 0 Å². The van der Waals surface area contributed by atoms with Crippen LogP contribution in [0.4, 0.5) is 5.69 Å². The molecule has 0 fully saturated rings. The number of hydrogen-bond donors (Lipinski definition) is 1. The molecule has 1 unspecified atom stereocenters. The van der Waals surface area contributed by atoms with Crippen LogP contribution in [0.15, 0.2) is 42.5 Å². The summed E-state index contributed by atoms with van der Waals surface area (Å²) in [6.07, 6.45) is 4.33. The van der Waals surface area contributed by atoms with E-state index in [0.717, 1.165) is 42.8 Å². The molecule has 3 heterocycles. The summed E-state index contributed by atoms with van der Waals surface area (Å²) in [6, 6.07) is 13.6. The average molecular weight is 480 g/mol. The first-order valence-electron chi connectivity index (χ1n) is 9.94. The van der Waals surface area contributed by atoms with Gasteiger partial charge in [0.15, 0.2) is 18.0 Å². The molecule has 3 aliphatic heterocycles. The zero-order chi connectivity index (χ0) is 19.1. The zero-order valence-electron chi connectivity index (χ0n) is 16.1. The van der Waals surface area contributed by atoms with Crippen LogP contribution in [0.1, 0.15) is 31.2 Å². The van der Waals surface area contributed by atoms with E-state index in [1.165, 1.54) is 12.3 Å². The molecular formula is C22H24BrClN2O3. The predicted molar refractivity (Wildman–Crippen MR) is 109 cm³/mol. The van der Waals surface area contributed by atoms with Gasteiger partial charge in [0.2, 0.25) is 0 Å². The van der Waals surface area contributed by atoms with Crippen molar-refractivity contribution in [2.45, 2.75) is 31.4 Å². The molecule has 0 spiro atoms. The van der Waals surface area contributed by atoms with Gasteiger partial charge < -0.3 is 31.6 Å². The summed E-state index contributed by atoms with van der Waals surface area (Å²) >= 11 is 6.09. The van der Waals surface area contributed by atoms with Crippen molar-refractivity contribution < 1.29 is 36.1 Å². The average Bonchev–Trinajstić information content (AvgIpc) is 2.87. The number of amidine groups is 1. The van der Waals surface area contributed by atoms with Crippen molar-refractivity contribution in [3.8, 4) is 11.5 Å². The highest BCUT2D eigenvalue weighted by Gasteiger charge is 2.52. The van der Waals surface area contributed by atoms with Crippen molar-refractivity contribution in [3.05, 3.63) is 53.1 Å². The molecule has 2 aromatic rings. The molecule has 0 amide bonds. The van der Waals surface area contributed by atoms with Crippen LogP contribution in [0.3, 0.4) is 0 Å². The number of benzene rings is 2. The molecule has 29 heavy (non-hydrogen) atoms. The molecule has 0 saturated carbocycles. The number of ether oxygens (including phenoxy) is 2. The lowest BCUT2D eigenvalue weighted by Crippen LogP contribution is -3.00. The fourth-order valence-corrected chi connectivity index (χ4v) is 4.60. The smallest absolute Gasteiger partial charge is 0.271 e. The lowest BCUT2D eigenvalue weighted by Gasteiger charge is -2.26. The Labute approximate surface area is 186 Å². The van der Waals surface area contributed by atoms with Crippen molar-refractivity contribution in [2.75, 3.05) is 31.2 Å². The van der Waals surface area contributed by atoms with Gasteiger partial charge in [-0.05, 0) is 61.7 Å². The lowest BCUT2D eigenvalue weighted by atomic mass is 10.0. The zero-order valence-corrected chi connectivity index (χ0v) is 18.5. The van der Waals surface area contributed by atoms with Gasteiger partial charge in [0.25, 0.3) is 11.6 Å². The minimum atomic E-state index is -1.10. The normalized spacial score (nSPS) is 23.3. The highest BCUT2D eigenvalue weighted by atomic mass is 79.9. The van der Waals surface area contributed by atoms with E-state index < -0.39 is 5.72 Å². The summed E-state index contributed by atoms with van der Waals surface area (Å²) in [7, 11) is 0. The van der Waals surface area contributed by atoms with Gasteiger partial charge in [-0.3, -0.25) is 0 Å². The van der Waals surface area contributed by atoms with Gasteiger partial charge in [-0.1, -0.05) is 11.6 Å². The van der Waals surface area contributed by atoms with Crippen LogP contribution in [-0.2, 0) is 5.72 Å². The van der Waals surface area contributed by atoms with E-state index >= 15 is 0 Å². The highest BCUT2D eigenvalue weighted by Crippen LogP contribution is 2.39. The maximum Gasteiger partial charge on any atom is 0.271 e. The Morgan fingerprint density at radius 3 is 2.52 bits per heavy atom. The third-order valence-corrected chi connectivity index (χ3v) is 6.13. The first kappa shape index (κ1) is 20.5. The molecule has 5 nitrogen and oxygen atoms in total. The van der Waals surface area contributed by atoms with Crippen molar-refractivity contribution in [2.24, 2.45) is 0 Å². The Hall–Kier alpha value is -1.76. The summed E-state index contributed by atoms with van der Waals surface area (Å²) in [6.45, 7) is 2.41. The second-order valence-corrected chi connectivity index (χ2v) is 8.05. The van der Waals surface area contributed by atoms with Crippen LogP contribution in [0.5, 0.6) is 11.5 Å². The molecule has 0 aliphatic carbocycles. The quantitative estimate of drug-likeness (QED) is 0.646. The number of nitrogens with zero attached hydrogens (tertiary/aromatic N) is 2. The first-order valence-corrected chi connectivity index (χ1v) is 10.3. The summed E-state index contributed by atoms with van der Waals surface area (Å²) in [5.41, 5.74) is 0.794. The Morgan fingerprint density at radius 2 is 1.72 bits per heavy atom. The van der Waals surface area contributed by atoms with Crippen molar-refractivity contribution in [1.82, 2.24) is 0 Å². The first-order chi connectivity index (χ1) is 13.6. The van der Waals surface area contributed by atoms with Gasteiger partial charge in [-0.15, -0.1) is 0 Å². The fourth-order valence-electron chi connectivity index (χ4n) is 4.47. The third kappa shape index (κ3) is 3.62. The largest absolute Gasteiger partial charge is 1.00 e. The van der Waals surface area contributed by atoms with Crippen LogP contribution < -0.4 is 31.4 Å². The monoisotopic (exact) mass is 478 g/mol. The fraction of sp³-hybridized carbons (Fsp3) is 0.409. The molecule has 0 saturated heterocycles. The molecule has 0 bridgehead atoms. The molecule has 3 aliphatic rings. The number of aliphatic hydroxyl groups is 1. The van der Waals surface area contributed by atoms with E-state index in [0.29, 0.717) is 30.5 Å². The van der Waals surface area contributed by atoms with Gasteiger partial charge in [0, 0.05) is 17.0 Å². The van der Waals surface area contributed by atoms with Crippen molar-refractivity contribution >= 4 is 23.1 Å². The predicted octanol–water partition coefficient (Wildman–Crippen LogP) is 0.765. The van der Waals surface area contributed by atoms with Gasteiger partial charge in [0.05, 0.1) is 6.54 Å². The molecule has 1 atom stereocenters. The maximum absolute atomic E-state index is 11.9. The van der Waals surface area contributed by atoms with Crippen LogP contribution in [-0.4, -0.2) is 41.8 Å². The van der Waals surface area contributed by atoms with Crippen LogP contribution in [0.2, 0.25) is 5.02 Å². The van der Waals surface area contributed by atoms with E-state index in [1.54, 1.807) is 0 Å². The molecule has 7 heteroatoms. The number of rotatable bonds is 2. The lowest BCUT2D eigenvalue weighted by molar-refractivity contribution is -0.658. The standard InChI is InChI=1S/C22H24ClN2O3.BrH/c23-17-6-8-18(9-7-17)24-15-22(26,25-11-3-1-2-4-21(24)25)16-5-10-19-20(14-16)28-13-12-27-19;/h5-10,14,26H,1-4,11-13,15H2;1H/q+1;/p-1. The van der Waals surface area contributed by atoms with Crippen molar-refractivity contribution in [3.63, 3.8) is 0 Å². The minimum Gasteiger partial charge on any atom is -1.00 e. The third-order valence-electron chi connectivity index (χ3n) is 5.87. The summed E-state index contributed by atoms with van der Waals surface area (Å²) in [4.78, 5) is 2.23. The SMILES string of the molecule is OC1(c2ccc3c(c2)OCCO3)CN(c2ccc(Cl)cc2)C2=[N+]1CCCCC2.[Br-]. The summed E-state index contributed by atoms with van der Waals surface area (Å²) in [5.74, 6) is 2.63. The Morgan fingerprint density at radius 1 is 0.966 bits per heavy atom. The molecule has 2 aromatic carbocycles. The summed E-state index contributed by atoms with van der Waals surface area (Å²) in [5, 5.41) is 12.6. The van der Waals surface area contributed by atoms with Crippen molar-refractivity contribution in [1.29, 1.82) is 0 Å². The number of β-amino-alcohol motifs (C(OH)–C–C–N with tert-alkyl or cyclic N) is 1. The van der Waals surface area contributed by atoms with Gasteiger partial charge in [0.1, 0.15) is 18.9 Å². The minimum absolute atomic E-state index is 0. The number of anilines is 1. The van der Waals surface area contributed by atoms with E-state index in [1.807, 2.05) is 42.5 Å². The van der Waals surface area contributed by atoms with Crippen LogP contribution >= 0.6 is 11.6 Å². The number of halogens is 2. The summed E-state index contributed by atoms with van der Waals surface area (Å²) < 4.78 is 13.6. The van der Waals surface area contributed by atoms with E-state index in [-0.39, 0.29) is 17.0 Å². The molecule has 0 radical (unpaired) electrons. The molecule has 1 N–H and O–H groups in total. The number of fused-ring (bicyclic) bond motifs is 1. The topological polar surface area (TPSA) is 44.9 Å². The second-order valence-electron chi connectivity index (χ2n) is 7.62. The van der Waals surface area contributed by atoms with Gasteiger partial charge >= 0.3 is 0 Å². The molecule has 5 rings (SSSR count). The van der Waals surface area contributed by atoms with E-state index in [4.69, 9.17) is 21.1 Å². The van der Waals surface area contributed by atoms with Crippen LogP contribution in [0.25, 0.3) is 0 Å². The second kappa shape index (κ2) is 8.17. The molecule has 154 valence electrons. The Balaban J connectivity index is 0.00000205. The van der Waals surface area contributed by atoms with E-state index in [2.05, 4.69) is 9.48 Å². The Bertz CT molecular complexity index is 934.